The quantitative estimate of drug-likeness (QED) is 0.851. The molecule has 1 aliphatic rings. The largest absolute Gasteiger partial charge is 0.494 e. The fourth-order valence-corrected chi connectivity index (χ4v) is 2.91. The summed E-state index contributed by atoms with van der Waals surface area (Å²) >= 11 is 0. The van der Waals surface area contributed by atoms with Crippen molar-refractivity contribution in [2.75, 3.05) is 13.7 Å². The van der Waals surface area contributed by atoms with Crippen LogP contribution in [0.1, 0.15) is 25.3 Å². The van der Waals surface area contributed by atoms with Crippen LogP contribution in [0.4, 0.5) is 17.6 Å². The zero-order valence-corrected chi connectivity index (χ0v) is 13.5. The molecular weight excluding hydrogens is 328 g/mol. The monoisotopic (exact) mass is 348 g/mol. The number of halogens is 4. The van der Waals surface area contributed by atoms with Crippen molar-refractivity contribution in [1.82, 2.24) is 10.2 Å². The van der Waals surface area contributed by atoms with Crippen LogP contribution in [0.5, 0.6) is 5.75 Å². The predicted octanol–water partition coefficient (Wildman–Crippen LogP) is 2.87. The summed E-state index contributed by atoms with van der Waals surface area (Å²) in [5.41, 5.74) is 0.653. The van der Waals surface area contributed by atoms with Crippen LogP contribution in [0.25, 0.3) is 0 Å². The van der Waals surface area contributed by atoms with E-state index in [1.165, 1.54) is 19.2 Å². The molecule has 134 valence electrons. The van der Waals surface area contributed by atoms with Crippen LogP contribution in [0.15, 0.2) is 18.2 Å². The Kier molecular flexibility index (Phi) is 5.69. The Labute approximate surface area is 137 Å². The molecule has 24 heavy (non-hydrogen) atoms. The van der Waals surface area contributed by atoms with E-state index in [0.717, 1.165) is 11.8 Å². The van der Waals surface area contributed by atoms with Gasteiger partial charge < -0.3 is 15.0 Å². The molecule has 0 spiro atoms. The van der Waals surface area contributed by atoms with Crippen LogP contribution in [-0.2, 0) is 11.3 Å². The van der Waals surface area contributed by atoms with E-state index >= 15 is 0 Å². The molecule has 2 atom stereocenters. The van der Waals surface area contributed by atoms with Crippen LogP contribution < -0.4 is 10.1 Å². The van der Waals surface area contributed by atoms with E-state index in [9.17, 15) is 22.4 Å². The van der Waals surface area contributed by atoms with Crippen LogP contribution in [-0.4, -0.2) is 42.7 Å². The van der Waals surface area contributed by atoms with Gasteiger partial charge in [0.15, 0.2) is 11.6 Å². The molecule has 1 amide bonds. The van der Waals surface area contributed by atoms with Crippen LogP contribution in [0.3, 0.4) is 0 Å². The molecule has 0 saturated carbocycles. The van der Waals surface area contributed by atoms with Crippen molar-refractivity contribution < 1.29 is 27.1 Å². The second-order valence-corrected chi connectivity index (χ2v) is 5.85. The maximum Gasteiger partial charge on any atom is 0.408 e. The van der Waals surface area contributed by atoms with Crippen molar-refractivity contribution in [3.05, 3.63) is 29.6 Å². The van der Waals surface area contributed by atoms with E-state index in [1.807, 2.05) is 0 Å². The Morgan fingerprint density at radius 2 is 2.08 bits per heavy atom. The molecular formula is C16H20F4N2O2. The van der Waals surface area contributed by atoms with Crippen molar-refractivity contribution in [3.63, 3.8) is 0 Å². The normalized spacial score (nSPS) is 21.7. The summed E-state index contributed by atoms with van der Waals surface area (Å²) in [5.74, 6) is -0.963. The summed E-state index contributed by atoms with van der Waals surface area (Å²) in [5, 5.41) is 3.09. The van der Waals surface area contributed by atoms with Gasteiger partial charge in [-0.2, -0.15) is 13.2 Å². The number of piperidine rings is 1. The topological polar surface area (TPSA) is 41.6 Å². The zero-order valence-electron chi connectivity index (χ0n) is 13.5. The van der Waals surface area contributed by atoms with Gasteiger partial charge in [-0.3, -0.25) is 4.79 Å². The smallest absolute Gasteiger partial charge is 0.408 e. The lowest BCUT2D eigenvalue weighted by Gasteiger charge is -2.40. The molecule has 1 aliphatic heterocycles. The molecule has 1 fully saturated rings. The summed E-state index contributed by atoms with van der Waals surface area (Å²) in [6.45, 7) is 1.42. The Morgan fingerprint density at radius 3 is 2.62 bits per heavy atom. The van der Waals surface area contributed by atoms with Crippen molar-refractivity contribution in [2.45, 2.75) is 44.6 Å². The first-order valence-corrected chi connectivity index (χ1v) is 7.62. The van der Waals surface area contributed by atoms with E-state index in [1.54, 1.807) is 6.07 Å². The highest BCUT2D eigenvalue weighted by Gasteiger charge is 2.47. The average Bonchev–Trinajstić information content (AvgIpc) is 2.51. The van der Waals surface area contributed by atoms with E-state index in [2.05, 4.69) is 5.32 Å². The molecule has 1 saturated heterocycles. The number of ether oxygens (including phenoxy) is 1. The molecule has 4 nitrogen and oxygen atoms in total. The number of methoxy groups -OCH3 is 1. The summed E-state index contributed by atoms with van der Waals surface area (Å²) in [6.07, 6.45) is -4.26. The molecule has 0 bridgehead atoms. The van der Waals surface area contributed by atoms with Gasteiger partial charge in [-0.15, -0.1) is 0 Å². The zero-order chi connectivity index (χ0) is 17.9. The number of rotatable bonds is 4. The summed E-state index contributed by atoms with van der Waals surface area (Å²) in [4.78, 5) is 12.4. The highest BCUT2D eigenvalue weighted by atomic mass is 19.4. The highest BCUT2D eigenvalue weighted by Crippen LogP contribution is 2.32. The van der Waals surface area contributed by atoms with Crippen molar-refractivity contribution >= 4 is 5.91 Å². The first-order valence-electron chi connectivity index (χ1n) is 7.62. The number of alkyl halides is 3. The van der Waals surface area contributed by atoms with Gasteiger partial charge in [0, 0.05) is 26.1 Å². The number of hydrogen-bond acceptors (Lipinski definition) is 3. The standard InChI is InChI=1S/C16H20F4N2O2/c1-10(23)22-9-12(4-6-15(22)16(18,19)20)21-8-11-3-5-14(24-2)13(17)7-11/h3,5,7,12,15,21H,4,6,8-9H2,1-2H3. The van der Waals surface area contributed by atoms with Gasteiger partial charge in [-0.25, -0.2) is 4.39 Å². The molecule has 1 aromatic carbocycles. The average molecular weight is 348 g/mol. The Bertz CT molecular complexity index is 592. The lowest BCUT2D eigenvalue weighted by atomic mass is 9.97. The SMILES string of the molecule is COc1ccc(CNC2CCC(C(F)(F)F)N(C(C)=O)C2)cc1F. The third-order valence-corrected chi connectivity index (χ3v) is 4.18. The third kappa shape index (κ3) is 4.37. The predicted molar refractivity (Wildman–Crippen MR) is 80.0 cm³/mol. The molecule has 8 heteroatoms. The van der Waals surface area contributed by atoms with Gasteiger partial charge in [0.25, 0.3) is 0 Å². The fraction of sp³-hybridized carbons (Fsp3) is 0.562. The van der Waals surface area contributed by atoms with Crippen molar-refractivity contribution in [2.24, 2.45) is 0 Å². The van der Waals surface area contributed by atoms with Gasteiger partial charge in [0.2, 0.25) is 5.91 Å². The van der Waals surface area contributed by atoms with E-state index in [0.29, 0.717) is 18.5 Å². The van der Waals surface area contributed by atoms with E-state index < -0.39 is 23.9 Å². The number of carbonyl (C=O) groups excluding carboxylic acids is 1. The summed E-state index contributed by atoms with van der Waals surface area (Å²) in [7, 11) is 1.37. The minimum atomic E-state index is -4.42. The van der Waals surface area contributed by atoms with E-state index in [4.69, 9.17) is 4.74 Å². The number of amides is 1. The third-order valence-electron chi connectivity index (χ3n) is 4.18. The van der Waals surface area contributed by atoms with Gasteiger partial charge in [-0.05, 0) is 30.5 Å². The Hall–Kier alpha value is -1.83. The number of nitrogens with one attached hydrogen (secondary N) is 1. The minimum Gasteiger partial charge on any atom is -0.494 e. The lowest BCUT2D eigenvalue weighted by Crippen LogP contribution is -2.57. The van der Waals surface area contributed by atoms with Crippen LogP contribution in [0.2, 0.25) is 0 Å². The number of nitrogens with zero attached hydrogens (tertiary/aromatic N) is 1. The first kappa shape index (κ1) is 18.5. The van der Waals surface area contributed by atoms with E-state index in [-0.39, 0.29) is 24.8 Å². The van der Waals surface area contributed by atoms with Crippen molar-refractivity contribution in [1.29, 1.82) is 0 Å². The molecule has 0 aliphatic carbocycles. The lowest BCUT2D eigenvalue weighted by molar-refractivity contribution is -0.196. The molecule has 1 N–H and O–H groups in total. The molecule has 1 heterocycles. The van der Waals surface area contributed by atoms with Gasteiger partial charge >= 0.3 is 6.18 Å². The maximum absolute atomic E-state index is 13.6. The van der Waals surface area contributed by atoms with Crippen LogP contribution in [0, 0.1) is 5.82 Å². The summed E-state index contributed by atoms with van der Waals surface area (Å²) in [6, 6.07) is 2.49. The molecule has 0 aromatic heterocycles. The fourth-order valence-electron chi connectivity index (χ4n) is 2.91. The molecule has 1 aromatic rings. The van der Waals surface area contributed by atoms with Crippen molar-refractivity contribution in [3.8, 4) is 5.75 Å². The second-order valence-electron chi connectivity index (χ2n) is 5.85. The molecule has 0 radical (unpaired) electrons. The Morgan fingerprint density at radius 1 is 1.38 bits per heavy atom. The van der Waals surface area contributed by atoms with Gasteiger partial charge in [-0.1, -0.05) is 6.07 Å². The maximum atomic E-state index is 13.6. The van der Waals surface area contributed by atoms with Gasteiger partial charge in [0.05, 0.1) is 7.11 Å². The molecule has 2 unspecified atom stereocenters. The Balaban J connectivity index is 1.97. The first-order chi connectivity index (χ1) is 11.2. The molecule has 2 rings (SSSR count). The minimum absolute atomic E-state index is 0.0157. The van der Waals surface area contributed by atoms with Crippen LogP contribution >= 0.6 is 0 Å². The second kappa shape index (κ2) is 7.38. The number of hydrogen-bond donors (Lipinski definition) is 1. The highest BCUT2D eigenvalue weighted by molar-refractivity contribution is 5.74. The number of likely N-dealkylation sites (tertiary alicyclic amines) is 1. The summed E-state index contributed by atoms with van der Waals surface area (Å²) < 4.78 is 57.4. The number of carbonyl (C=O) groups is 1. The van der Waals surface area contributed by atoms with Gasteiger partial charge in [0.1, 0.15) is 6.04 Å². The number of benzene rings is 1.